The van der Waals surface area contributed by atoms with Crippen molar-refractivity contribution < 1.29 is 19.5 Å². The molecule has 8 heteroatoms. The molecule has 7 atom stereocenters. The van der Waals surface area contributed by atoms with Crippen molar-refractivity contribution in [1.82, 2.24) is 4.90 Å². The topological polar surface area (TPSA) is 81.2 Å². The number of rotatable bonds is 11. The third-order valence-electron chi connectivity index (χ3n) is 10.3. The van der Waals surface area contributed by atoms with Crippen molar-refractivity contribution in [3.8, 4) is 0 Å². The number of benzene rings is 3. The molecule has 3 unspecified atom stereocenters. The first-order valence-electron chi connectivity index (χ1n) is 16.3. The number of hydrogen-bond donors (Lipinski definition) is 1. The van der Waals surface area contributed by atoms with Gasteiger partial charge >= 0.3 is 0 Å². The van der Waals surface area contributed by atoms with Crippen molar-refractivity contribution in [1.29, 1.82) is 0 Å². The summed E-state index contributed by atoms with van der Waals surface area (Å²) < 4.78 is -0.867. The Bertz CT molecular complexity index is 1660. The molecule has 3 aromatic carbocycles. The number of para-hydroxylation sites is 2. The van der Waals surface area contributed by atoms with Crippen LogP contribution >= 0.6 is 11.8 Å². The fraction of sp³-hybridized carbons (Fsp3) is 0.359. The number of likely N-dealkylation sites (tertiary alicyclic amines) is 1. The van der Waals surface area contributed by atoms with Crippen molar-refractivity contribution in [2.24, 2.45) is 17.8 Å². The van der Waals surface area contributed by atoms with Crippen molar-refractivity contribution in [2.45, 2.75) is 49.3 Å². The number of anilines is 2. The highest BCUT2D eigenvalue weighted by Gasteiger charge is 2.77. The van der Waals surface area contributed by atoms with Gasteiger partial charge in [0.1, 0.15) is 6.04 Å². The van der Waals surface area contributed by atoms with E-state index in [-0.39, 0.29) is 42.0 Å². The maximum absolute atomic E-state index is 15.3. The number of carbonyl (C=O) groups is 3. The SMILES string of the molecule is C=CCN(C(=O)[C@@H]1[C@@H]2CC(C)C3(S2)C(C(=O)N(CC=C)c2c(C)cccc2C)N([C@H](CO)c2ccccc2)C(=O)[C@H]13)c1ccccc1. The predicted molar refractivity (Wildman–Crippen MR) is 189 cm³/mol. The molecular formula is C39H43N3O4S. The Hall–Kier alpha value is -4.14. The van der Waals surface area contributed by atoms with Gasteiger partial charge in [-0.1, -0.05) is 85.8 Å². The van der Waals surface area contributed by atoms with Crippen LogP contribution in [-0.2, 0) is 14.4 Å². The second-order valence-corrected chi connectivity index (χ2v) is 14.5. The summed E-state index contributed by atoms with van der Waals surface area (Å²) in [5, 5.41) is 10.8. The van der Waals surface area contributed by atoms with Gasteiger partial charge in [-0.2, -0.15) is 0 Å². The van der Waals surface area contributed by atoms with Crippen LogP contribution in [0.3, 0.4) is 0 Å². The molecule has 3 aromatic rings. The number of carbonyl (C=O) groups excluding carboxylic acids is 3. The van der Waals surface area contributed by atoms with E-state index >= 15 is 9.59 Å². The molecule has 1 spiro atoms. The Kier molecular flexibility index (Phi) is 9.18. The molecule has 244 valence electrons. The molecule has 3 aliphatic rings. The summed E-state index contributed by atoms with van der Waals surface area (Å²) >= 11 is 1.64. The summed E-state index contributed by atoms with van der Waals surface area (Å²) in [5.41, 5.74) is 4.17. The van der Waals surface area contributed by atoms with Gasteiger partial charge in [0.15, 0.2) is 0 Å². The average molecular weight is 650 g/mol. The highest BCUT2D eigenvalue weighted by molar-refractivity contribution is 8.02. The summed E-state index contributed by atoms with van der Waals surface area (Å²) in [7, 11) is 0. The lowest BCUT2D eigenvalue weighted by atomic mass is 9.65. The maximum Gasteiger partial charge on any atom is 0.251 e. The Morgan fingerprint density at radius 2 is 1.53 bits per heavy atom. The van der Waals surface area contributed by atoms with E-state index in [1.807, 2.05) is 92.7 Å². The van der Waals surface area contributed by atoms with Crippen LogP contribution in [0.25, 0.3) is 0 Å². The van der Waals surface area contributed by atoms with Gasteiger partial charge in [-0.05, 0) is 55.0 Å². The average Bonchev–Trinajstić information content (AvgIpc) is 3.67. The molecule has 2 bridgehead atoms. The molecule has 3 saturated heterocycles. The minimum atomic E-state index is -0.913. The van der Waals surface area contributed by atoms with E-state index in [9.17, 15) is 9.90 Å². The highest BCUT2D eigenvalue weighted by Crippen LogP contribution is 2.69. The number of aryl methyl sites for hydroxylation is 2. The van der Waals surface area contributed by atoms with E-state index in [2.05, 4.69) is 20.1 Å². The Morgan fingerprint density at radius 1 is 0.936 bits per heavy atom. The van der Waals surface area contributed by atoms with Crippen LogP contribution in [0.2, 0.25) is 0 Å². The molecule has 0 aliphatic carbocycles. The van der Waals surface area contributed by atoms with Gasteiger partial charge in [0.2, 0.25) is 11.8 Å². The Labute approximate surface area is 281 Å². The molecule has 3 amide bonds. The normalized spacial score (nSPS) is 26.5. The first-order chi connectivity index (χ1) is 22.7. The lowest BCUT2D eigenvalue weighted by Gasteiger charge is -2.42. The number of amides is 3. The van der Waals surface area contributed by atoms with Crippen LogP contribution in [0.1, 0.15) is 36.1 Å². The zero-order chi connectivity index (χ0) is 33.5. The van der Waals surface area contributed by atoms with E-state index in [4.69, 9.17) is 0 Å². The van der Waals surface area contributed by atoms with Crippen molar-refractivity contribution >= 4 is 40.9 Å². The van der Waals surface area contributed by atoms with E-state index in [0.717, 1.165) is 28.1 Å². The third-order valence-corrected chi connectivity index (χ3v) is 12.4. The standard InChI is InChI=1S/C39H43N3O4S/c1-6-21-40(29-19-12-9-13-20-29)36(44)32-31-23-27(5)39(47-31)33(32)37(45)42(30(24-43)28-17-10-8-11-18-28)35(39)38(46)41(22-7-2)34-25(3)15-14-16-26(34)4/h6-20,27,30-33,35,43H,1-2,21-24H2,3-5H3/t27?,30-,31+,32-,33+,35?,39?/m1/s1. The number of hydrogen-bond acceptors (Lipinski definition) is 5. The molecule has 3 heterocycles. The largest absolute Gasteiger partial charge is 0.394 e. The van der Waals surface area contributed by atoms with Gasteiger partial charge in [0.05, 0.1) is 29.2 Å². The molecule has 7 nitrogen and oxygen atoms in total. The second-order valence-electron chi connectivity index (χ2n) is 13.0. The molecule has 3 fully saturated rings. The van der Waals surface area contributed by atoms with E-state index < -0.39 is 28.7 Å². The molecule has 6 rings (SSSR count). The molecule has 0 radical (unpaired) electrons. The van der Waals surface area contributed by atoms with Crippen molar-refractivity contribution in [2.75, 3.05) is 29.5 Å². The molecule has 0 saturated carbocycles. The predicted octanol–water partition coefficient (Wildman–Crippen LogP) is 6.11. The van der Waals surface area contributed by atoms with Gasteiger partial charge in [-0.3, -0.25) is 14.4 Å². The first kappa shape index (κ1) is 32.8. The van der Waals surface area contributed by atoms with E-state index in [1.165, 1.54) is 0 Å². The van der Waals surface area contributed by atoms with Crippen LogP contribution in [0, 0.1) is 31.6 Å². The lowest BCUT2D eigenvalue weighted by molar-refractivity contribution is -0.142. The summed E-state index contributed by atoms with van der Waals surface area (Å²) in [6.07, 6.45) is 4.12. The number of thioether (sulfide) groups is 1. The van der Waals surface area contributed by atoms with E-state index in [1.54, 1.807) is 38.6 Å². The maximum atomic E-state index is 15.3. The van der Waals surface area contributed by atoms with Crippen LogP contribution < -0.4 is 9.80 Å². The molecule has 0 aromatic heterocycles. The fourth-order valence-corrected chi connectivity index (χ4v) is 10.8. The molecular weight excluding hydrogens is 607 g/mol. The van der Waals surface area contributed by atoms with Crippen LogP contribution in [-0.4, -0.2) is 63.5 Å². The highest BCUT2D eigenvalue weighted by atomic mass is 32.2. The zero-order valence-corrected chi connectivity index (χ0v) is 28.1. The van der Waals surface area contributed by atoms with Gasteiger partial charge < -0.3 is 19.8 Å². The summed E-state index contributed by atoms with van der Waals surface area (Å²) in [6, 6.07) is 23.1. The quantitative estimate of drug-likeness (QED) is 0.254. The summed E-state index contributed by atoms with van der Waals surface area (Å²) in [5.74, 6) is -2.00. The fourth-order valence-electron chi connectivity index (χ4n) is 8.43. The number of fused-ring (bicyclic) bond motifs is 1. The van der Waals surface area contributed by atoms with Crippen molar-refractivity contribution in [3.05, 3.63) is 121 Å². The van der Waals surface area contributed by atoms with Crippen LogP contribution in [0.15, 0.2) is 104 Å². The first-order valence-corrected chi connectivity index (χ1v) is 17.2. The van der Waals surface area contributed by atoms with Crippen molar-refractivity contribution in [3.63, 3.8) is 0 Å². The Balaban J connectivity index is 1.52. The monoisotopic (exact) mass is 649 g/mol. The summed E-state index contributed by atoms with van der Waals surface area (Å²) in [6.45, 7) is 14.2. The third kappa shape index (κ3) is 5.22. The van der Waals surface area contributed by atoms with Gasteiger partial charge in [0.25, 0.3) is 5.91 Å². The minimum Gasteiger partial charge on any atom is -0.394 e. The lowest BCUT2D eigenvalue weighted by Crippen LogP contribution is -2.58. The smallest absolute Gasteiger partial charge is 0.251 e. The number of aliphatic hydroxyl groups is 1. The second kappa shape index (κ2) is 13.2. The zero-order valence-electron chi connectivity index (χ0n) is 27.3. The van der Waals surface area contributed by atoms with Crippen LogP contribution in [0.5, 0.6) is 0 Å². The molecule has 3 aliphatic heterocycles. The summed E-state index contributed by atoms with van der Waals surface area (Å²) in [4.78, 5) is 50.2. The molecule has 47 heavy (non-hydrogen) atoms. The van der Waals surface area contributed by atoms with Gasteiger partial charge in [-0.15, -0.1) is 24.9 Å². The van der Waals surface area contributed by atoms with Gasteiger partial charge in [0, 0.05) is 29.7 Å². The van der Waals surface area contributed by atoms with E-state index in [0.29, 0.717) is 13.0 Å². The molecule has 1 N–H and O–H groups in total. The number of nitrogens with zero attached hydrogens (tertiary/aromatic N) is 3. The number of aliphatic hydroxyl groups excluding tert-OH is 1. The minimum absolute atomic E-state index is 0.0299. The Morgan fingerprint density at radius 3 is 2.13 bits per heavy atom. The van der Waals surface area contributed by atoms with Gasteiger partial charge in [-0.25, -0.2) is 0 Å². The van der Waals surface area contributed by atoms with Crippen LogP contribution in [0.4, 0.5) is 11.4 Å².